The maximum Gasteiger partial charge on any atom is 0.308 e. The highest BCUT2D eigenvalue weighted by atomic mass is 32.1. The minimum Gasteiger partial charge on any atom is -0.494 e. The van der Waals surface area contributed by atoms with Crippen molar-refractivity contribution in [2.24, 2.45) is 5.92 Å². The number of nitrogens with zero attached hydrogens (tertiary/aromatic N) is 2. The molecule has 0 saturated heterocycles. The Hall–Kier alpha value is -2.41. The Kier molecular flexibility index (Phi) is 6.52. The number of amides is 1. The van der Waals surface area contributed by atoms with Gasteiger partial charge in [0.15, 0.2) is 0 Å². The number of thiazole rings is 1. The highest BCUT2D eigenvalue weighted by Crippen LogP contribution is 2.26. The molecule has 7 heteroatoms. The topological polar surface area (TPSA) is 79.7 Å². The third-order valence-electron chi connectivity index (χ3n) is 3.61. The second kappa shape index (κ2) is 8.62. The van der Waals surface area contributed by atoms with Crippen LogP contribution in [0.2, 0.25) is 0 Å². The lowest BCUT2D eigenvalue weighted by Gasteiger charge is -2.18. The molecule has 1 heterocycles. The second-order valence-electron chi connectivity index (χ2n) is 5.84. The first-order valence-electron chi connectivity index (χ1n) is 8.09. The molecule has 0 fully saturated rings. The maximum atomic E-state index is 12.4. The number of carbonyl (C=O) groups is 2. The van der Waals surface area contributed by atoms with Gasteiger partial charge in [-0.3, -0.25) is 9.59 Å². The smallest absolute Gasteiger partial charge is 0.308 e. The highest BCUT2D eigenvalue weighted by molar-refractivity contribution is 7.13. The third kappa shape index (κ3) is 5.03. The number of hydrogen-bond donors (Lipinski definition) is 1. The zero-order valence-corrected chi connectivity index (χ0v) is 15.4. The quantitative estimate of drug-likeness (QED) is 0.778. The summed E-state index contributed by atoms with van der Waals surface area (Å²) in [4.78, 5) is 29.1. The minimum atomic E-state index is -0.927. The summed E-state index contributed by atoms with van der Waals surface area (Å²) in [5.41, 5.74) is 1.24. The van der Waals surface area contributed by atoms with Crippen molar-refractivity contribution in [2.45, 2.75) is 20.3 Å². The van der Waals surface area contributed by atoms with E-state index in [2.05, 4.69) is 11.9 Å². The molecule has 0 radical (unpaired) electrons. The molecule has 0 aliphatic rings. The van der Waals surface area contributed by atoms with Gasteiger partial charge in [-0.2, -0.15) is 0 Å². The SMILES string of the molecule is CCCOc1ccc(-c2nc(C(=O)N(C)CC(C)C(=O)O)cs2)cc1. The lowest BCUT2D eigenvalue weighted by Crippen LogP contribution is -2.33. The monoisotopic (exact) mass is 362 g/mol. The lowest BCUT2D eigenvalue weighted by atomic mass is 10.2. The predicted molar refractivity (Wildman–Crippen MR) is 97.1 cm³/mol. The minimum absolute atomic E-state index is 0.143. The summed E-state index contributed by atoms with van der Waals surface area (Å²) in [5, 5.41) is 11.4. The van der Waals surface area contributed by atoms with E-state index < -0.39 is 11.9 Å². The summed E-state index contributed by atoms with van der Waals surface area (Å²) in [6, 6.07) is 7.59. The van der Waals surface area contributed by atoms with Crippen LogP contribution in [-0.4, -0.2) is 47.1 Å². The largest absolute Gasteiger partial charge is 0.494 e. The number of ether oxygens (including phenoxy) is 1. The van der Waals surface area contributed by atoms with E-state index in [0.717, 1.165) is 22.7 Å². The Morgan fingerprint density at radius 2 is 2.00 bits per heavy atom. The van der Waals surface area contributed by atoms with Crippen LogP contribution in [-0.2, 0) is 4.79 Å². The number of aliphatic carboxylic acids is 1. The summed E-state index contributed by atoms with van der Waals surface area (Å²) in [5.74, 6) is -1.02. The van der Waals surface area contributed by atoms with Crippen LogP contribution in [0.4, 0.5) is 0 Å². The van der Waals surface area contributed by atoms with Gasteiger partial charge in [-0.15, -0.1) is 11.3 Å². The van der Waals surface area contributed by atoms with E-state index in [4.69, 9.17) is 9.84 Å². The number of carbonyl (C=O) groups excluding carboxylic acids is 1. The zero-order valence-electron chi connectivity index (χ0n) is 14.6. The van der Waals surface area contributed by atoms with Crippen molar-refractivity contribution in [3.05, 3.63) is 35.3 Å². The Balaban J connectivity index is 2.06. The summed E-state index contributed by atoms with van der Waals surface area (Å²) in [7, 11) is 1.58. The van der Waals surface area contributed by atoms with Crippen LogP contribution in [0.3, 0.4) is 0 Å². The number of rotatable bonds is 8. The van der Waals surface area contributed by atoms with Gasteiger partial charge < -0.3 is 14.7 Å². The average molecular weight is 362 g/mol. The first-order chi connectivity index (χ1) is 11.9. The normalized spacial score (nSPS) is 11.8. The molecule has 134 valence electrons. The number of hydrogen-bond acceptors (Lipinski definition) is 5. The van der Waals surface area contributed by atoms with Crippen LogP contribution in [0.15, 0.2) is 29.6 Å². The van der Waals surface area contributed by atoms with Crippen molar-refractivity contribution in [1.82, 2.24) is 9.88 Å². The van der Waals surface area contributed by atoms with E-state index in [1.54, 1.807) is 19.4 Å². The van der Waals surface area contributed by atoms with Gasteiger partial charge >= 0.3 is 5.97 Å². The molecular formula is C18H22N2O4S. The fraction of sp³-hybridized carbons (Fsp3) is 0.389. The number of aromatic nitrogens is 1. The van der Waals surface area contributed by atoms with Crippen molar-refractivity contribution in [2.75, 3.05) is 20.2 Å². The van der Waals surface area contributed by atoms with Gasteiger partial charge in [-0.05, 0) is 30.7 Å². The van der Waals surface area contributed by atoms with Crippen LogP contribution in [0.5, 0.6) is 5.75 Å². The Labute approximate surface area is 151 Å². The Morgan fingerprint density at radius 3 is 2.60 bits per heavy atom. The van der Waals surface area contributed by atoms with E-state index in [0.29, 0.717) is 12.3 Å². The Bertz CT molecular complexity index is 727. The van der Waals surface area contributed by atoms with Gasteiger partial charge in [0.25, 0.3) is 5.91 Å². The van der Waals surface area contributed by atoms with Crippen molar-refractivity contribution in [3.63, 3.8) is 0 Å². The first-order valence-corrected chi connectivity index (χ1v) is 8.97. The molecule has 6 nitrogen and oxygen atoms in total. The summed E-state index contributed by atoms with van der Waals surface area (Å²) in [6.45, 7) is 4.44. The molecule has 0 bridgehead atoms. The van der Waals surface area contributed by atoms with Crippen LogP contribution in [0, 0.1) is 5.92 Å². The predicted octanol–water partition coefficient (Wildman–Crippen LogP) is 3.39. The molecule has 1 aromatic carbocycles. The van der Waals surface area contributed by atoms with Crippen molar-refractivity contribution < 1.29 is 19.4 Å². The molecule has 1 amide bonds. The fourth-order valence-electron chi connectivity index (χ4n) is 2.19. The van der Waals surface area contributed by atoms with Crippen LogP contribution in [0.1, 0.15) is 30.8 Å². The van der Waals surface area contributed by atoms with Crippen molar-refractivity contribution >= 4 is 23.2 Å². The van der Waals surface area contributed by atoms with Gasteiger partial charge in [0, 0.05) is 24.5 Å². The summed E-state index contributed by atoms with van der Waals surface area (Å²) in [6.07, 6.45) is 0.952. The summed E-state index contributed by atoms with van der Waals surface area (Å²) >= 11 is 1.38. The zero-order chi connectivity index (χ0) is 18.4. The van der Waals surface area contributed by atoms with E-state index in [1.165, 1.54) is 16.2 Å². The van der Waals surface area contributed by atoms with E-state index in [-0.39, 0.29) is 12.5 Å². The molecule has 2 aromatic rings. The van der Waals surface area contributed by atoms with Crippen molar-refractivity contribution in [1.29, 1.82) is 0 Å². The number of benzene rings is 1. The number of carboxylic acids is 1. The van der Waals surface area contributed by atoms with Gasteiger partial charge in [0.2, 0.25) is 0 Å². The fourth-order valence-corrected chi connectivity index (χ4v) is 2.99. The molecule has 1 atom stereocenters. The molecule has 0 aliphatic carbocycles. The highest BCUT2D eigenvalue weighted by Gasteiger charge is 2.20. The van der Waals surface area contributed by atoms with Gasteiger partial charge in [0.05, 0.1) is 12.5 Å². The lowest BCUT2D eigenvalue weighted by molar-refractivity contribution is -0.141. The molecule has 25 heavy (non-hydrogen) atoms. The van der Waals surface area contributed by atoms with Crippen LogP contribution < -0.4 is 4.74 Å². The maximum absolute atomic E-state index is 12.4. The van der Waals surface area contributed by atoms with Crippen LogP contribution >= 0.6 is 11.3 Å². The molecule has 0 spiro atoms. The van der Waals surface area contributed by atoms with Gasteiger partial charge in [0.1, 0.15) is 16.5 Å². The number of carboxylic acid groups (broad SMARTS) is 1. The molecule has 0 aliphatic heterocycles. The molecule has 0 saturated carbocycles. The average Bonchev–Trinajstić information content (AvgIpc) is 3.09. The Morgan fingerprint density at radius 1 is 1.32 bits per heavy atom. The molecule has 1 N–H and O–H groups in total. The summed E-state index contributed by atoms with van der Waals surface area (Å²) < 4.78 is 5.55. The third-order valence-corrected chi connectivity index (χ3v) is 4.50. The van der Waals surface area contributed by atoms with E-state index in [9.17, 15) is 9.59 Å². The molecule has 2 rings (SSSR count). The van der Waals surface area contributed by atoms with Gasteiger partial charge in [-0.1, -0.05) is 13.8 Å². The molecule has 1 unspecified atom stereocenters. The van der Waals surface area contributed by atoms with Crippen LogP contribution in [0.25, 0.3) is 10.6 Å². The standard InChI is InChI=1S/C18H22N2O4S/c1-4-9-24-14-7-5-13(6-8-14)16-19-15(11-25-16)17(21)20(3)10-12(2)18(22)23/h5-8,11-12H,4,9-10H2,1-3H3,(H,22,23). The van der Waals surface area contributed by atoms with E-state index in [1.807, 2.05) is 24.3 Å². The molecular weight excluding hydrogens is 340 g/mol. The van der Waals surface area contributed by atoms with Gasteiger partial charge in [-0.25, -0.2) is 4.98 Å². The first kappa shape index (κ1) is 18.9. The van der Waals surface area contributed by atoms with E-state index >= 15 is 0 Å². The van der Waals surface area contributed by atoms with Crippen molar-refractivity contribution in [3.8, 4) is 16.3 Å². The molecule has 1 aromatic heterocycles. The second-order valence-corrected chi connectivity index (χ2v) is 6.69.